The monoisotopic (exact) mass is 528 g/mol. The van der Waals surface area contributed by atoms with Gasteiger partial charge >= 0.3 is 28.5 Å². The first-order valence-corrected chi connectivity index (χ1v) is 12.9. The third kappa shape index (κ3) is 2.38. The van der Waals surface area contributed by atoms with Gasteiger partial charge in [-0.25, -0.2) is 39.9 Å². The molecule has 5 aliphatic heterocycles. The number of aromatic nitrogens is 8. The van der Waals surface area contributed by atoms with Gasteiger partial charge < -0.3 is 38.1 Å². The van der Waals surface area contributed by atoms with Crippen LogP contribution < -0.4 is 38.1 Å². The van der Waals surface area contributed by atoms with Crippen molar-refractivity contribution in [1.82, 2.24) is 39.9 Å². The van der Waals surface area contributed by atoms with E-state index in [1.165, 1.54) is 0 Å². The van der Waals surface area contributed by atoms with Crippen molar-refractivity contribution in [2.75, 3.05) is 66.3 Å². The van der Waals surface area contributed by atoms with Crippen molar-refractivity contribution in [1.29, 1.82) is 0 Å². The van der Waals surface area contributed by atoms with E-state index in [0.717, 1.165) is 46.5 Å². The number of fused-ring (bicyclic) bond motifs is 16. The van der Waals surface area contributed by atoms with Gasteiger partial charge in [0.15, 0.2) is 46.5 Å². The Balaban J connectivity index is 1.38. The molecule has 192 valence electrons. The number of anilines is 8. The zero-order chi connectivity index (χ0) is 26.9. The van der Waals surface area contributed by atoms with Gasteiger partial charge in [0.05, 0.1) is 0 Å². The molecule has 9 heterocycles. The Morgan fingerprint density at radius 1 is 0.325 bits per heavy atom. The Morgan fingerprint density at radius 3 is 0.700 bits per heavy atom. The van der Waals surface area contributed by atoms with E-state index in [2.05, 4.69) is 38.1 Å². The highest BCUT2D eigenvalue weighted by Crippen LogP contribution is 2.50. The minimum atomic E-state index is -0.376. The van der Waals surface area contributed by atoms with E-state index in [1.807, 2.05) is 28.2 Å². The van der Waals surface area contributed by atoms with Gasteiger partial charge in [0.2, 0.25) is 0 Å². The maximum Gasteiger partial charge on any atom is 0.488 e. The lowest BCUT2D eigenvalue weighted by Gasteiger charge is -2.48. The molecule has 0 unspecified atom stereocenters. The van der Waals surface area contributed by atoms with Crippen LogP contribution >= 0.6 is 0 Å². The normalized spacial score (nSPS) is 17.9. The largest absolute Gasteiger partial charge is 0.488 e. The molecule has 0 saturated carbocycles. The molecule has 4 aromatic rings. The van der Waals surface area contributed by atoms with E-state index < -0.39 is 0 Å². The Kier molecular flexibility index (Phi) is 4.01. The molecule has 0 radical (unpaired) electrons. The zero-order valence-corrected chi connectivity index (χ0v) is 22.1. The number of hydrogen-bond acceptors (Lipinski definition) is 16. The van der Waals surface area contributed by atoms with E-state index in [9.17, 15) is 0 Å². The summed E-state index contributed by atoms with van der Waals surface area (Å²) >= 11 is 0. The summed E-state index contributed by atoms with van der Waals surface area (Å²) in [5, 5.41) is 0. The lowest BCUT2D eigenvalue weighted by molar-refractivity contribution is 1.15. The summed E-state index contributed by atoms with van der Waals surface area (Å²) in [5.41, 5.74) is 0. The molecule has 20 heteroatoms. The molecule has 0 bridgehead atoms. The summed E-state index contributed by atoms with van der Waals surface area (Å²) in [7, 11) is 6.65. The van der Waals surface area contributed by atoms with Gasteiger partial charge in [-0.3, -0.25) is 0 Å². The van der Waals surface area contributed by atoms with Crippen molar-refractivity contribution in [2.45, 2.75) is 0 Å². The Hall–Kier alpha value is -5.02. The molecule has 40 heavy (non-hydrogen) atoms. The van der Waals surface area contributed by atoms with Gasteiger partial charge in [0.1, 0.15) is 0 Å². The third-order valence-electron chi connectivity index (χ3n) is 8.33. The van der Waals surface area contributed by atoms with E-state index in [-0.39, 0.29) is 28.5 Å². The zero-order valence-electron chi connectivity index (χ0n) is 22.1. The topological polar surface area (TPSA) is 129 Å². The second-order valence-electron chi connectivity index (χ2n) is 10.3. The van der Waals surface area contributed by atoms with Crippen LogP contribution in [0.3, 0.4) is 0 Å². The highest BCUT2D eigenvalue weighted by molar-refractivity contribution is 7.10. The molecule has 1 fully saturated rings. The Labute approximate surface area is 230 Å². The second kappa shape index (κ2) is 7.34. The Morgan fingerprint density at radius 2 is 0.500 bits per heavy atom. The molecule has 0 aliphatic carbocycles. The first-order valence-electron chi connectivity index (χ1n) is 12.9. The SMILES string of the molecule is CN1B2N(B3N(C)c4nccnc4N3B3N(C)c4nccnc4N3B3N(C)c4nccnc4N23)c2nccnc21. The maximum absolute atomic E-state index is 4.86. The van der Waals surface area contributed by atoms with Crippen molar-refractivity contribution in [3.63, 3.8) is 0 Å². The van der Waals surface area contributed by atoms with Gasteiger partial charge in [0.25, 0.3) is 0 Å². The van der Waals surface area contributed by atoms with Gasteiger partial charge in [-0.1, -0.05) is 0 Å². The molecule has 0 spiro atoms. The predicted octanol–water partition coefficient (Wildman–Crippen LogP) is -1.07. The van der Waals surface area contributed by atoms with E-state index in [1.54, 1.807) is 49.6 Å². The molecule has 0 amide bonds. The van der Waals surface area contributed by atoms with E-state index >= 15 is 0 Å². The maximum atomic E-state index is 4.86. The van der Waals surface area contributed by atoms with Crippen LogP contribution in [0.4, 0.5) is 46.5 Å². The van der Waals surface area contributed by atoms with Crippen LogP contribution in [0.15, 0.2) is 49.6 Å². The van der Waals surface area contributed by atoms with Crippen LogP contribution in [-0.2, 0) is 0 Å². The lowest BCUT2D eigenvalue weighted by atomic mass is 9.57. The minimum absolute atomic E-state index is 0.376. The molecule has 0 N–H and O–H groups in total. The summed E-state index contributed by atoms with van der Waals surface area (Å²) in [6.45, 7) is 0. The second-order valence-corrected chi connectivity index (χ2v) is 10.3. The number of hydrogen-bond donors (Lipinski definition) is 0. The molecule has 0 atom stereocenters. The van der Waals surface area contributed by atoms with Crippen molar-refractivity contribution < 1.29 is 0 Å². The highest BCUT2D eigenvalue weighted by Gasteiger charge is 2.70. The third-order valence-corrected chi connectivity index (χ3v) is 8.33. The van der Waals surface area contributed by atoms with Crippen LogP contribution in [0.1, 0.15) is 0 Å². The van der Waals surface area contributed by atoms with Crippen LogP contribution in [-0.4, -0.2) is 96.5 Å². The Bertz CT molecular complexity index is 1440. The smallest absolute Gasteiger partial charge is 0.365 e. The first-order chi connectivity index (χ1) is 19.6. The molecule has 1 saturated heterocycles. The fourth-order valence-corrected chi connectivity index (χ4v) is 6.84. The molecular formula is C20H20B4N16. The van der Waals surface area contributed by atoms with Gasteiger partial charge in [0, 0.05) is 49.6 Å². The quantitative estimate of drug-likeness (QED) is 0.257. The van der Waals surface area contributed by atoms with E-state index in [4.69, 9.17) is 39.9 Å². The first kappa shape index (κ1) is 21.9. The van der Waals surface area contributed by atoms with Crippen LogP contribution in [0.2, 0.25) is 0 Å². The fourth-order valence-electron chi connectivity index (χ4n) is 6.84. The summed E-state index contributed by atoms with van der Waals surface area (Å²) in [5.74, 6) is 6.10. The van der Waals surface area contributed by atoms with E-state index in [0.29, 0.717) is 0 Å². The molecule has 0 aromatic carbocycles. The van der Waals surface area contributed by atoms with Gasteiger partial charge in [-0.05, 0) is 28.2 Å². The number of nitrogens with zero attached hydrogens (tertiary/aromatic N) is 16. The lowest BCUT2D eigenvalue weighted by Crippen LogP contribution is -2.84. The molecular weight excluding hydrogens is 508 g/mol. The summed E-state index contributed by atoms with van der Waals surface area (Å²) in [4.78, 5) is 47.0. The highest BCUT2D eigenvalue weighted by atomic mass is 15.6. The van der Waals surface area contributed by atoms with Gasteiger partial charge in [-0.15, -0.1) is 0 Å². The summed E-state index contributed by atoms with van der Waals surface area (Å²) in [6.07, 6.45) is 13.8. The van der Waals surface area contributed by atoms with Crippen molar-refractivity contribution in [3.05, 3.63) is 49.6 Å². The number of rotatable bonds is 0. The average Bonchev–Trinajstić information content (AvgIpc) is 3.63. The minimum Gasteiger partial charge on any atom is -0.365 e. The molecule has 9 rings (SSSR count). The van der Waals surface area contributed by atoms with Gasteiger partial charge in [-0.2, -0.15) is 0 Å². The van der Waals surface area contributed by atoms with Crippen LogP contribution in [0, 0.1) is 0 Å². The summed E-state index contributed by atoms with van der Waals surface area (Å²) < 4.78 is 9.08. The van der Waals surface area contributed by atoms with Crippen molar-refractivity contribution in [2.24, 2.45) is 0 Å². The molecule has 5 aliphatic rings. The van der Waals surface area contributed by atoms with Crippen LogP contribution in [0.5, 0.6) is 0 Å². The van der Waals surface area contributed by atoms with Crippen LogP contribution in [0.25, 0.3) is 0 Å². The standard InChI is InChI=1S/C20H20B4N16/c1-33-13-17(29-9-5-25-13)37-21(33)38-18-14(26-6-10-30-18)34(2)23(38)40-20-16(28-8-12-32-20)36(4)24(40)39-19-15(27-7-11-31-19)35(3)22(37)39/h5-12H,1-4H3. The molecule has 4 aromatic heterocycles. The fraction of sp³-hybridized carbons (Fsp3) is 0.200. The summed E-state index contributed by atoms with van der Waals surface area (Å²) in [6, 6.07) is 0. The average molecular weight is 528 g/mol. The predicted molar refractivity (Wildman–Crippen MR) is 155 cm³/mol. The van der Waals surface area contributed by atoms with Crippen molar-refractivity contribution in [3.8, 4) is 0 Å². The molecule has 16 nitrogen and oxygen atoms in total. The van der Waals surface area contributed by atoms with Crippen molar-refractivity contribution >= 4 is 75.0 Å².